The molecule has 7 nitrogen and oxygen atoms in total. The van der Waals surface area contributed by atoms with Gasteiger partial charge in [-0.25, -0.2) is 13.4 Å². The van der Waals surface area contributed by atoms with Crippen molar-refractivity contribution in [1.29, 1.82) is 5.41 Å². The monoisotopic (exact) mass is 422 g/mol. The summed E-state index contributed by atoms with van der Waals surface area (Å²) in [5.41, 5.74) is 2.90. The van der Waals surface area contributed by atoms with Crippen LogP contribution in [-0.2, 0) is 16.4 Å². The maximum absolute atomic E-state index is 13.4. The van der Waals surface area contributed by atoms with Gasteiger partial charge in [0.2, 0.25) is 9.84 Å². The second-order valence-corrected chi connectivity index (χ2v) is 9.36. The SMILES string of the molecule is CCn1c(=N)c(S(=O)(=O)c2ccc(C)c(C)c2)cc2c(=O)n3cc(C)ccc3nc21. The zero-order chi connectivity index (χ0) is 21.8. The first-order chi connectivity index (χ1) is 14.1. The topological polar surface area (TPSA) is 97.3 Å². The Kier molecular flexibility index (Phi) is 4.62. The number of sulfone groups is 1. The fraction of sp³-hybridized carbons (Fsp3) is 0.227. The summed E-state index contributed by atoms with van der Waals surface area (Å²) in [6, 6.07) is 9.75. The first kappa shape index (κ1) is 20.0. The zero-order valence-corrected chi connectivity index (χ0v) is 18.0. The standard InChI is InChI=1S/C22H22N4O3S/c1-5-25-20(23)18(30(28,29)16-8-7-14(3)15(4)10-16)11-17-21(25)24-19-9-6-13(2)12-26(19)22(17)27/h6-12,23H,5H2,1-4H3. The average Bonchev–Trinajstić information content (AvgIpc) is 2.70. The zero-order valence-electron chi connectivity index (χ0n) is 17.2. The van der Waals surface area contributed by atoms with E-state index in [1.807, 2.05) is 26.8 Å². The summed E-state index contributed by atoms with van der Waals surface area (Å²) >= 11 is 0. The van der Waals surface area contributed by atoms with Gasteiger partial charge in [-0.3, -0.25) is 14.6 Å². The lowest BCUT2D eigenvalue weighted by Gasteiger charge is -2.14. The molecule has 30 heavy (non-hydrogen) atoms. The minimum Gasteiger partial charge on any atom is -0.310 e. The van der Waals surface area contributed by atoms with Crippen molar-refractivity contribution >= 4 is 26.5 Å². The van der Waals surface area contributed by atoms with E-state index in [0.717, 1.165) is 16.7 Å². The number of aromatic nitrogens is 3. The number of nitrogens with one attached hydrogen (secondary N) is 1. The van der Waals surface area contributed by atoms with Crippen LogP contribution in [0.15, 0.2) is 57.2 Å². The maximum Gasteiger partial charge on any atom is 0.267 e. The van der Waals surface area contributed by atoms with Gasteiger partial charge in [0.15, 0.2) is 0 Å². The molecule has 0 amide bonds. The number of pyridine rings is 2. The van der Waals surface area contributed by atoms with Crippen LogP contribution in [0.25, 0.3) is 16.7 Å². The molecule has 0 aliphatic rings. The quantitative estimate of drug-likeness (QED) is 0.513. The van der Waals surface area contributed by atoms with Gasteiger partial charge in [-0.05, 0) is 68.7 Å². The average molecular weight is 423 g/mol. The van der Waals surface area contributed by atoms with Gasteiger partial charge in [0, 0.05) is 12.7 Å². The van der Waals surface area contributed by atoms with Crippen molar-refractivity contribution < 1.29 is 8.42 Å². The number of hydrogen-bond acceptors (Lipinski definition) is 5. The van der Waals surface area contributed by atoms with Gasteiger partial charge in [0.05, 0.1) is 10.3 Å². The van der Waals surface area contributed by atoms with Gasteiger partial charge in [-0.15, -0.1) is 0 Å². The number of hydrogen-bond donors (Lipinski definition) is 1. The third-order valence-electron chi connectivity index (χ3n) is 5.41. The Morgan fingerprint density at radius 3 is 2.43 bits per heavy atom. The molecule has 1 N–H and O–H groups in total. The van der Waals surface area contributed by atoms with Crippen LogP contribution >= 0.6 is 0 Å². The Morgan fingerprint density at radius 1 is 1.03 bits per heavy atom. The van der Waals surface area contributed by atoms with Crippen molar-refractivity contribution in [3.05, 3.63) is 75.1 Å². The molecule has 1 aromatic carbocycles. The summed E-state index contributed by atoms with van der Waals surface area (Å²) in [4.78, 5) is 17.6. The molecule has 0 saturated heterocycles. The van der Waals surface area contributed by atoms with Crippen LogP contribution in [0.1, 0.15) is 23.6 Å². The maximum atomic E-state index is 13.4. The highest BCUT2D eigenvalue weighted by Gasteiger charge is 2.24. The Labute approximate surface area is 173 Å². The smallest absolute Gasteiger partial charge is 0.267 e. The number of aryl methyl sites for hydroxylation is 4. The summed E-state index contributed by atoms with van der Waals surface area (Å²) in [6.45, 7) is 7.71. The van der Waals surface area contributed by atoms with E-state index in [0.29, 0.717) is 17.8 Å². The van der Waals surface area contributed by atoms with E-state index < -0.39 is 9.84 Å². The Bertz CT molecular complexity index is 1560. The van der Waals surface area contributed by atoms with Crippen LogP contribution in [0, 0.1) is 26.2 Å². The fourth-order valence-electron chi connectivity index (χ4n) is 3.54. The normalized spacial score (nSPS) is 12.0. The molecular formula is C22H22N4O3S. The molecule has 3 aromatic heterocycles. The summed E-state index contributed by atoms with van der Waals surface area (Å²) in [6.07, 6.45) is 1.67. The molecule has 0 atom stereocenters. The lowest BCUT2D eigenvalue weighted by molar-refractivity contribution is 0.590. The van der Waals surface area contributed by atoms with Gasteiger partial charge < -0.3 is 4.57 Å². The molecule has 3 heterocycles. The Hall–Kier alpha value is -3.26. The van der Waals surface area contributed by atoms with Crippen molar-refractivity contribution in [3.63, 3.8) is 0 Å². The summed E-state index contributed by atoms with van der Waals surface area (Å²) in [5.74, 6) is 0. The Morgan fingerprint density at radius 2 is 1.77 bits per heavy atom. The molecule has 154 valence electrons. The first-order valence-corrected chi connectivity index (χ1v) is 11.1. The molecular weight excluding hydrogens is 400 g/mol. The predicted molar refractivity (Wildman–Crippen MR) is 115 cm³/mol. The van der Waals surface area contributed by atoms with E-state index in [1.165, 1.54) is 21.1 Å². The lowest BCUT2D eigenvalue weighted by Crippen LogP contribution is -2.29. The highest BCUT2D eigenvalue weighted by Crippen LogP contribution is 2.23. The number of fused-ring (bicyclic) bond motifs is 2. The van der Waals surface area contributed by atoms with Gasteiger partial charge >= 0.3 is 0 Å². The van der Waals surface area contributed by atoms with Crippen molar-refractivity contribution in [2.45, 2.75) is 44.0 Å². The van der Waals surface area contributed by atoms with E-state index in [4.69, 9.17) is 5.41 Å². The molecule has 0 unspecified atom stereocenters. The van der Waals surface area contributed by atoms with E-state index >= 15 is 0 Å². The molecule has 0 saturated carbocycles. The molecule has 0 fully saturated rings. The molecule has 0 radical (unpaired) electrons. The second kappa shape index (κ2) is 6.91. The highest BCUT2D eigenvalue weighted by molar-refractivity contribution is 7.91. The van der Waals surface area contributed by atoms with Gasteiger partial charge in [-0.2, -0.15) is 0 Å². The van der Waals surface area contributed by atoms with Crippen LogP contribution < -0.4 is 11.0 Å². The van der Waals surface area contributed by atoms with E-state index in [-0.39, 0.29) is 26.2 Å². The number of benzene rings is 1. The summed E-state index contributed by atoms with van der Waals surface area (Å²) in [5, 5.41) is 8.74. The van der Waals surface area contributed by atoms with E-state index in [1.54, 1.807) is 31.3 Å². The molecule has 4 rings (SSSR count). The number of nitrogens with zero attached hydrogens (tertiary/aromatic N) is 3. The predicted octanol–water partition coefficient (Wildman–Crippen LogP) is 2.91. The largest absolute Gasteiger partial charge is 0.310 e. The van der Waals surface area contributed by atoms with Crippen LogP contribution in [0.3, 0.4) is 0 Å². The van der Waals surface area contributed by atoms with Crippen LogP contribution in [0.2, 0.25) is 0 Å². The molecule has 8 heteroatoms. The second-order valence-electron chi connectivity index (χ2n) is 7.44. The van der Waals surface area contributed by atoms with Crippen molar-refractivity contribution in [1.82, 2.24) is 14.0 Å². The third kappa shape index (κ3) is 2.95. The highest BCUT2D eigenvalue weighted by atomic mass is 32.2. The lowest BCUT2D eigenvalue weighted by atomic mass is 10.1. The van der Waals surface area contributed by atoms with E-state index in [2.05, 4.69) is 4.98 Å². The van der Waals surface area contributed by atoms with Gasteiger partial charge in [-0.1, -0.05) is 12.1 Å². The third-order valence-corrected chi connectivity index (χ3v) is 7.18. The molecule has 0 spiro atoms. The van der Waals surface area contributed by atoms with Crippen molar-refractivity contribution in [2.24, 2.45) is 0 Å². The van der Waals surface area contributed by atoms with Crippen molar-refractivity contribution in [3.8, 4) is 0 Å². The first-order valence-electron chi connectivity index (χ1n) is 9.58. The molecule has 0 bridgehead atoms. The van der Waals surface area contributed by atoms with Gasteiger partial charge in [0.1, 0.15) is 21.7 Å². The van der Waals surface area contributed by atoms with Crippen LogP contribution in [0.4, 0.5) is 0 Å². The minimum atomic E-state index is -4.00. The molecule has 0 aliphatic carbocycles. The van der Waals surface area contributed by atoms with Crippen molar-refractivity contribution in [2.75, 3.05) is 0 Å². The summed E-state index contributed by atoms with van der Waals surface area (Å²) < 4.78 is 29.7. The minimum absolute atomic E-state index is 0.103. The fourth-order valence-corrected chi connectivity index (χ4v) is 5.01. The summed E-state index contributed by atoms with van der Waals surface area (Å²) in [7, 11) is -4.00. The Balaban J connectivity index is 2.13. The number of rotatable bonds is 3. The van der Waals surface area contributed by atoms with Crippen LogP contribution in [-0.4, -0.2) is 22.4 Å². The van der Waals surface area contributed by atoms with Crippen LogP contribution in [0.5, 0.6) is 0 Å². The van der Waals surface area contributed by atoms with E-state index in [9.17, 15) is 13.2 Å². The van der Waals surface area contributed by atoms with Gasteiger partial charge in [0.25, 0.3) is 5.56 Å². The molecule has 0 aliphatic heterocycles. The molecule has 4 aromatic rings.